The standard InChI is InChI=1S/C10H8ClIOS/c1-2-13-9-7-5-6(11)3-4-8(7)14-10(9)12/h3-5H,2H2,1H3. The molecule has 1 nitrogen and oxygen atoms in total. The predicted octanol–water partition coefficient (Wildman–Crippen LogP) is 4.56. The van der Waals surface area contributed by atoms with Crippen LogP contribution in [0.15, 0.2) is 18.2 Å². The minimum atomic E-state index is 0.689. The van der Waals surface area contributed by atoms with Crippen molar-refractivity contribution in [2.24, 2.45) is 0 Å². The molecule has 1 heterocycles. The molecule has 0 aliphatic heterocycles. The van der Waals surface area contributed by atoms with Crippen molar-refractivity contribution >= 4 is 55.6 Å². The zero-order valence-corrected chi connectivity index (χ0v) is 11.2. The molecule has 0 bridgehead atoms. The van der Waals surface area contributed by atoms with Crippen LogP contribution in [0.2, 0.25) is 5.02 Å². The predicted molar refractivity (Wildman–Crippen MR) is 70.7 cm³/mol. The lowest BCUT2D eigenvalue weighted by atomic mass is 10.2. The molecule has 0 saturated carbocycles. The minimum absolute atomic E-state index is 0.689. The molecule has 0 saturated heterocycles. The van der Waals surface area contributed by atoms with Crippen molar-refractivity contribution < 1.29 is 4.74 Å². The Morgan fingerprint density at radius 3 is 3.00 bits per heavy atom. The molecule has 0 fully saturated rings. The van der Waals surface area contributed by atoms with E-state index in [1.807, 2.05) is 25.1 Å². The third-order valence-electron chi connectivity index (χ3n) is 1.85. The summed E-state index contributed by atoms with van der Waals surface area (Å²) in [6.45, 7) is 2.68. The second kappa shape index (κ2) is 4.24. The molecule has 1 aromatic heterocycles. The summed E-state index contributed by atoms with van der Waals surface area (Å²) in [4.78, 5) is 0. The zero-order chi connectivity index (χ0) is 10.1. The van der Waals surface area contributed by atoms with E-state index < -0.39 is 0 Å². The van der Waals surface area contributed by atoms with E-state index in [1.54, 1.807) is 11.3 Å². The first-order valence-electron chi connectivity index (χ1n) is 4.22. The Bertz CT molecular complexity index is 466. The molecule has 0 unspecified atom stereocenters. The van der Waals surface area contributed by atoms with Gasteiger partial charge >= 0.3 is 0 Å². The van der Waals surface area contributed by atoms with Gasteiger partial charge in [0.25, 0.3) is 0 Å². The van der Waals surface area contributed by atoms with Gasteiger partial charge in [0, 0.05) is 15.1 Å². The first-order chi connectivity index (χ1) is 6.72. The van der Waals surface area contributed by atoms with Crippen molar-refractivity contribution in [2.75, 3.05) is 6.61 Å². The van der Waals surface area contributed by atoms with Crippen molar-refractivity contribution in [3.8, 4) is 5.75 Å². The Morgan fingerprint density at radius 1 is 1.50 bits per heavy atom. The van der Waals surface area contributed by atoms with E-state index in [1.165, 1.54) is 7.58 Å². The molecule has 0 aliphatic rings. The molecular weight excluding hydrogens is 331 g/mol. The third-order valence-corrected chi connectivity index (χ3v) is 4.18. The van der Waals surface area contributed by atoms with Crippen LogP contribution >= 0.6 is 45.5 Å². The van der Waals surface area contributed by atoms with Crippen LogP contribution in [0.3, 0.4) is 0 Å². The number of ether oxygens (including phenoxy) is 1. The van der Waals surface area contributed by atoms with Crippen LogP contribution < -0.4 is 4.74 Å². The van der Waals surface area contributed by atoms with Gasteiger partial charge in [0.2, 0.25) is 0 Å². The normalized spacial score (nSPS) is 10.8. The van der Waals surface area contributed by atoms with Gasteiger partial charge in [-0.05, 0) is 47.7 Å². The van der Waals surface area contributed by atoms with Crippen molar-refractivity contribution in [3.05, 3.63) is 26.1 Å². The second-order valence-corrected chi connectivity index (χ2v) is 6.08. The van der Waals surface area contributed by atoms with Gasteiger partial charge < -0.3 is 4.74 Å². The van der Waals surface area contributed by atoms with E-state index in [9.17, 15) is 0 Å². The Balaban J connectivity index is 2.66. The van der Waals surface area contributed by atoms with Crippen molar-refractivity contribution in [1.82, 2.24) is 0 Å². The van der Waals surface area contributed by atoms with Gasteiger partial charge in [0.1, 0.15) is 2.88 Å². The summed E-state index contributed by atoms with van der Waals surface area (Å²) < 4.78 is 8.00. The largest absolute Gasteiger partial charge is 0.491 e. The number of thiophene rings is 1. The van der Waals surface area contributed by atoms with Gasteiger partial charge in [-0.1, -0.05) is 11.6 Å². The number of benzene rings is 1. The van der Waals surface area contributed by atoms with Gasteiger partial charge in [0.05, 0.1) is 6.61 Å². The van der Waals surface area contributed by atoms with E-state index in [4.69, 9.17) is 16.3 Å². The molecule has 14 heavy (non-hydrogen) atoms. The fraction of sp³-hybridized carbons (Fsp3) is 0.200. The van der Waals surface area contributed by atoms with Crippen LogP contribution in [0.4, 0.5) is 0 Å². The summed E-state index contributed by atoms with van der Waals surface area (Å²) in [6.07, 6.45) is 0. The van der Waals surface area contributed by atoms with Gasteiger partial charge in [-0.3, -0.25) is 0 Å². The molecular formula is C10H8ClIOS. The van der Waals surface area contributed by atoms with Gasteiger partial charge in [-0.15, -0.1) is 11.3 Å². The summed E-state index contributed by atoms with van der Waals surface area (Å²) in [6, 6.07) is 5.90. The average Bonchev–Trinajstić information content (AvgIpc) is 2.45. The quantitative estimate of drug-likeness (QED) is 0.730. The number of hydrogen-bond acceptors (Lipinski definition) is 2. The number of rotatable bonds is 2. The van der Waals surface area contributed by atoms with Crippen LogP contribution in [-0.2, 0) is 0 Å². The highest BCUT2D eigenvalue weighted by Gasteiger charge is 2.10. The van der Waals surface area contributed by atoms with Crippen molar-refractivity contribution in [1.29, 1.82) is 0 Å². The first-order valence-corrected chi connectivity index (χ1v) is 6.50. The molecule has 2 aromatic rings. The number of hydrogen-bond donors (Lipinski definition) is 0. The molecule has 0 aliphatic carbocycles. The molecule has 74 valence electrons. The first kappa shape index (κ1) is 10.5. The fourth-order valence-corrected chi connectivity index (χ4v) is 3.48. The summed E-state index contributed by atoms with van der Waals surface area (Å²) in [5.74, 6) is 0.968. The maximum atomic E-state index is 5.95. The highest BCUT2D eigenvalue weighted by molar-refractivity contribution is 14.1. The van der Waals surface area contributed by atoms with Crippen LogP contribution in [0.5, 0.6) is 5.75 Å². The molecule has 0 radical (unpaired) electrons. The van der Waals surface area contributed by atoms with Crippen LogP contribution in [-0.4, -0.2) is 6.61 Å². The topological polar surface area (TPSA) is 9.23 Å². The van der Waals surface area contributed by atoms with Crippen LogP contribution in [0.1, 0.15) is 6.92 Å². The Morgan fingerprint density at radius 2 is 2.29 bits per heavy atom. The second-order valence-electron chi connectivity index (χ2n) is 2.78. The van der Waals surface area contributed by atoms with E-state index in [0.29, 0.717) is 6.61 Å². The Labute approximate surface area is 105 Å². The van der Waals surface area contributed by atoms with E-state index in [2.05, 4.69) is 22.6 Å². The molecule has 0 amide bonds. The summed E-state index contributed by atoms with van der Waals surface area (Å²) in [7, 11) is 0. The Kier molecular flexibility index (Phi) is 3.19. The lowest BCUT2D eigenvalue weighted by molar-refractivity contribution is 0.343. The molecule has 1 aromatic carbocycles. The fourth-order valence-electron chi connectivity index (χ4n) is 1.30. The zero-order valence-electron chi connectivity index (χ0n) is 7.51. The van der Waals surface area contributed by atoms with Crippen molar-refractivity contribution in [2.45, 2.75) is 6.92 Å². The summed E-state index contributed by atoms with van der Waals surface area (Å²) in [5.41, 5.74) is 0. The highest BCUT2D eigenvalue weighted by Crippen LogP contribution is 2.39. The maximum Gasteiger partial charge on any atom is 0.151 e. The number of fused-ring (bicyclic) bond motifs is 1. The number of halogens is 2. The molecule has 0 N–H and O–H groups in total. The lowest BCUT2D eigenvalue weighted by Gasteiger charge is -2.01. The smallest absolute Gasteiger partial charge is 0.151 e. The minimum Gasteiger partial charge on any atom is -0.491 e. The van der Waals surface area contributed by atoms with E-state index in [-0.39, 0.29) is 0 Å². The maximum absolute atomic E-state index is 5.95. The molecule has 4 heteroatoms. The van der Waals surface area contributed by atoms with Gasteiger partial charge in [0.15, 0.2) is 5.75 Å². The third kappa shape index (κ3) is 1.85. The van der Waals surface area contributed by atoms with Crippen LogP contribution in [0, 0.1) is 2.88 Å². The van der Waals surface area contributed by atoms with E-state index >= 15 is 0 Å². The highest BCUT2D eigenvalue weighted by atomic mass is 127. The average molecular weight is 339 g/mol. The SMILES string of the molecule is CCOc1c(I)sc2ccc(Cl)cc12. The van der Waals surface area contributed by atoms with Gasteiger partial charge in [-0.25, -0.2) is 0 Å². The van der Waals surface area contributed by atoms with E-state index in [0.717, 1.165) is 16.2 Å². The van der Waals surface area contributed by atoms with Crippen molar-refractivity contribution in [3.63, 3.8) is 0 Å². The lowest BCUT2D eigenvalue weighted by Crippen LogP contribution is -1.91. The van der Waals surface area contributed by atoms with Gasteiger partial charge in [-0.2, -0.15) is 0 Å². The molecule has 0 atom stereocenters. The molecule has 0 spiro atoms. The summed E-state index contributed by atoms with van der Waals surface area (Å²) in [5, 5.41) is 1.88. The Hall–Kier alpha value is -0.0000000000000000555. The monoisotopic (exact) mass is 338 g/mol. The summed E-state index contributed by atoms with van der Waals surface area (Å²) >= 11 is 9.98. The van der Waals surface area contributed by atoms with Crippen LogP contribution in [0.25, 0.3) is 10.1 Å². The molecule has 2 rings (SSSR count).